The fourth-order valence-electron chi connectivity index (χ4n) is 2.26. The second-order valence-electron chi connectivity index (χ2n) is 6.81. The lowest BCUT2D eigenvalue weighted by Crippen LogP contribution is -2.54. The van der Waals surface area contributed by atoms with Gasteiger partial charge in [0.25, 0.3) is 0 Å². The van der Waals surface area contributed by atoms with Crippen LogP contribution in [0.5, 0.6) is 0 Å². The maximum absolute atomic E-state index is 11.9. The first kappa shape index (κ1) is 16.4. The van der Waals surface area contributed by atoms with Gasteiger partial charge in [0.05, 0.1) is 5.60 Å². The Hall–Kier alpha value is -0.610. The van der Waals surface area contributed by atoms with E-state index in [1.165, 1.54) is 0 Å². The van der Waals surface area contributed by atoms with Gasteiger partial charge in [-0.25, -0.2) is 0 Å². The Balaban J connectivity index is 2.36. The highest BCUT2D eigenvalue weighted by Gasteiger charge is 2.34. The second-order valence-corrected chi connectivity index (χ2v) is 6.81. The number of nitrogens with one attached hydrogen (secondary N) is 1. The zero-order chi connectivity index (χ0) is 14.5. The standard InChI is InChI=1S/C15H30N2O2/c1-5-6-7-13(18)17-10-8-15(19,9-11-17)12-16-14(2,3)4/h16,19H,5-12H2,1-4H3. The van der Waals surface area contributed by atoms with Gasteiger partial charge in [-0.1, -0.05) is 13.3 Å². The van der Waals surface area contributed by atoms with Gasteiger partial charge >= 0.3 is 0 Å². The number of unbranched alkanes of at least 4 members (excludes halogenated alkanes) is 1. The van der Waals surface area contributed by atoms with Gasteiger partial charge in [-0.05, 0) is 40.0 Å². The number of likely N-dealkylation sites (tertiary alicyclic amines) is 1. The molecule has 1 rings (SSSR count). The van der Waals surface area contributed by atoms with Crippen molar-refractivity contribution in [2.45, 2.75) is 70.9 Å². The summed E-state index contributed by atoms with van der Waals surface area (Å²) < 4.78 is 0. The van der Waals surface area contributed by atoms with Gasteiger partial charge in [0.2, 0.25) is 5.91 Å². The predicted octanol–water partition coefficient (Wildman–Crippen LogP) is 1.92. The monoisotopic (exact) mass is 270 g/mol. The molecule has 1 aliphatic heterocycles. The minimum atomic E-state index is -0.658. The summed E-state index contributed by atoms with van der Waals surface area (Å²) in [6.45, 7) is 10.4. The highest BCUT2D eigenvalue weighted by molar-refractivity contribution is 5.76. The molecule has 0 radical (unpaired) electrons. The van der Waals surface area contributed by atoms with Crippen molar-refractivity contribution in [1.29, 1.82) is 0 Å². The van der Waals surface area contributed by atoms with Crippen molar-refractivity contribution >= 4 is 5.91 Å². The Morgan fingerprint density at radius 2 is 1.89 bits per heavy atom. The normalized spacial score (nSPS) is 19.5. The largest absolute Gasteiger partial charge is 0.388 e. The van der Waals surface area contributed by atoms with E-state index in [0.717, 1.165) is 12.8 Å². The van der Waals surface area contributed by atoms with Crippen molar-refractivity contribution in [2.75, 3.05) is 19.6 Å². The fraction of sp³-hybridized carbons (Fsp3) is 0.933. The number of hydrogen-bond acceptors (Lipinski definition) is 3. The van der Waals surface area contributed by atoms with E-state index >= 15 is 0 Å². The molecule has 0 aromatic carbocycles. The number of carbonyl (C=O) groups excluding carboxylic acids is 1. The molecule has 1 aliphatic rings. The first-order valence-electron chi connectivity index (χ1n) is 7.51. The number of nitrogens with zero attached hydrogens (tertiary/aromatic N) is 1. The molecule has 19 heavy (non-hydrogen) atoms. The molecule has 0 saturated carbocycles. The maximum atomic E-state index is 11.9. The molecule has 4 heteroatoms. The molecular weight excluding hydrogens is 240 g/mol. The van der Waals surface area contributed by atoms with Crippen LogP contribution in [0.2, 0.25) is 0 Å². The Morgan fingerprint density at radius 1 is 1.32 bits per heavy atom. The molecule has 1 fully saturated rings. The van der Waals surface area contributed by atoms with Gasteiger partial charge in [0, 0.05) is 31.6 Å². The minimum absolute atomic E-state index is 0.0177. The summed E-state index contributed by atoms with van der Waals surface area (Å²) in [5.74, 6) is 0.243. The Morgan fingerprint density at radius 3 is 2.37 bits per heavy atom. The van der Waals surface area contributed by atoms with E-state index < -0.39 is 5.60 Å². The minimum Gasteiger partial charge on any atom is -0.388 e. The highest BCUT2D eigenvalue weighted by Crippen LogP contribution is 2.23. The van der Waals surface area contributed by atoms with E-state index in [1.807, 2.05) is 4.90 Å². The van der Waals surface area contributed by atoms with E-state index in [4.69, 9.17) is 0 Å². The van der Waals surface area contributed by atoms with Crippen LogP contribution in [-0.2, 0) is 4.79 Å². The number of piperidine rings is 1. The van der Waals surface area contributed by atoms with Crippen LogP contribution in [0.15, 0.2) is 0 Å². The molecule has 2 N–H and O–H groups in total. The van der Waals surface area contributed by atoms with E-state index in [1.54, 1.807) is 0 Å². The zero-order valence-electron chi connectivity index (χ0n) is 13.0. The van der Waals surface area contributed by atoms with Crippen LogP contribution < -0.4 is 5.32 Å². The molecule has 0 bridgehead atoms. The Bertz CT molecular complexity index is 289. The lowest BCUT2D eigenvalue weighted by Gasteiger charge is -2.40. The molecule has 4 nitrogen and oxygen atoms in total. The van der Waals surface area contributed by atoms with Gasteiger partial charge in [-0.2, -0.15) is 0 Å². The molecule has 0 aromatic heterocycles. The van der Waals surface area contributed by atoms with E-state index in [-0.39, 0.29) is 11.4 Å². The molecule has 1 amide bonds. The summed E-state index contributed by atoms with van der Waals surface area (Å²) in [6.07, 6.45) is 4.02. The van der Waals surface area contributed by atoms with Crippen LogP contribution in [-0.4, -0.2) is 46.7 Å². The average molecular weight is 270 g/mol. The van der Waals surface area contributed by atoms with Crippen molar-refractivity contribution in [3.05, 3.63) is 0 Å². The molecule has 0 aliphatic carbocycles. The molecule has 1 saturated heterocycles. The maximum Gasteiger partial charge on any atom is 0.222 e. The summed E-state index contributed by atoms with van der Waals surface area (Å²) in [6, 6.07) is 0. The lowest BCUT2D eigenvalue weighted by molar-refractivity contribution is -0.135. The van der Waals surface area contributed by atoms with Gasteiger partial charge < -0.3 is 15.3 Å². The second kappa shape index (κ2) is 6.71. The molecule has 0 spiro atoms. The predicted molar refractivity (Wildman–Crippen MR) is 78.0 cm³/mol. The number of carbonyl (C=O) groups is 1. The topological polar surface area (TPSA) is 52.6 Å². The van der Waals surface area contributed by atoms with Crippen molar-refractivity contribution < 1.29 is 9.90 Å². The van der Waals surface area contributed by atoms with Crippen LogP contribution in [0.3, 0.4) is 0 Å². The molecule has 0 unspecified atom stereocenters. The smallest absolute Gasteiger partial charge is 0.222 e. The Labute approximate surface area is 117 Å². The summed E-state index contributed by atoms with van der Waals surface area (Å²) in [7, 11) is 0. The van der Waals surface area contributed by atoms with Crippen molar-refractivity contribution in [2.24, 2.45) is 0 Å². The zero-order valence-corrected chi connectivity index (χ0v) is 13.0. The first-order valence-corrected chi connectivity index (χ1v) is 7.51. The summed E-state index contributed by atoms with van der Waals surface area (Å²) in [5.41, 5.74) is -0.640. The quantitative estimate of drug-likeness (QED) is 0.802. The van der Waals surface area contributed by atoms with Crippen molar-refractivity contribution in [3.8, 4) is 0 Å². The number of amides is 1. The third-order valence-corrected chi connectivity index (χ3v) is 3.74. The SMILES string of the molecule is CCCCC(=O)N1CCC(O)(CNC(C)(C)C)CC1. The van der Waals surface area contributed by atoms with Gasteiger partial charge in [-0.15, -0.1) is 0 Å². The Kier molecular flexibility index (Phi) is 5.81. The van der Waals surface area contributed by atoms with Crippen LogP contribution in [0, 0.1) is 0 Å². The van der Waals surface area contributed by atoms with Crippen molar-refractivity contribution in [1.82, 2.24) is 10.2 Å². The lowest BCUT2D eigenvalue weighted by atomic mass is 9.90. The average Bonchev–Trinajstić information content (AvgIpc) is 2.34. The molecule has 1 heterocycles. The number of aliphatic hydroxyl groups is 1. The van der Waals surface area contributed by atoms with Gasteiger partial charge in [0.1, 0.15) is 0 Å². The van der Waals surface area contributed by atoms with Crippen LogP contribution in [0.1, 0.15) is 59.8 Å². The van der Waals surface area contributed by atoms with Crippen molar-refractivity contribution in [3.63, 3.8) is 0 Å². The summed E-state index contributed by atoms with van der Waals surface area (Å²) in [5, 5.41) is 13.9. The van der Waals surface area contributed by atoms with E-state index in [2.05, 4.69) is 33.0 Å². The van der Waals surface area contributed by atoms with Gasteiger partial charge in [0.15, 0.2) is 0 Å². The first-order chi connectivity index (χ1) is 8.76. The summed E-state index contributed by atoms with van der Waals surface area (Å²) >= 11 is 0. The third-order valence-electron chi connectivity index (χ3n) is 3.74. The van der Waals surface area contributed by atoms with Crippen LogP contribution >= 0.6 is 0 Å². The van der Waals surface area contributed by atoms with Gasteiger partial charge in [-0.3, -0.25) is 4.79 Å². The van der Waals surface area contributed by atoms with E-state index in [9.17, 15) is 9.90 Å². The number of β-amino-alcohol motifs (C(OH)–C–C–N with tert-alkyl or cyclic N) is 1. The molecule has 0 aromatic rings. The number of hydrogen-bond donors (Lipinski definition) is 2. The molecular formula is C15H30N2O2. The number of rotatable bonds is 5. The highest BCUT2D eigenvalue weighted by atomic mass is 16.3. The van der Waals surface area contributed by atoms with E-state index in [0.29, 0.717) is 38.9 Å². The van der Waals surface area contributed by atoms with Crippen LogP contribution in [0.4, 0.5) is 0 Å². The summed E-state index contributed by atoms with van der Waals surface area (Å²) in [4.78, 5) is 13.8. The molecule has 0 atom stereocenters. The fourth-order valence-corrected chi connectivity index (χ4v) is 2.26. The molecule has 112 valence electrons. The third kappa shape index (κ3) is 5.91. The van der Waals surface area contributed by atoms with Crippen LogP contribution in [0.25, 0.3) is 0 Å².